The molecule has 0 radical (unpaired) electrons. The van der Waals surface area contributed by atoms with Gasteiger partial charge in [0.1, 0.15) is 19.3 Å². The van der Waals surface area contributed by atoms with Gasteiger partial charge in [-0.2, -0.15) is 0 Å². The molecule has 0 spiro atoms. The third kappa shape index (κ3) is 60.9. The number of ether oxygens (including phenoxy) is 4. The average molecular weight is 1270 g/mol. The molecule has 0 aliphatic heterocycles. The molecule has 510 valence electrons. The molecule has 0 aromatic rings. The van der Waals surface area contributed by atoms with Crippen LogP contribution in [0.25, 0.3) is 0 Å². The van der Waals surface area contributed by atoms with Gasteiger partial charge in [0.15, 0.2) is 12.2 Å². The molecule has 2 unspecified atom stereocenters. The van der Waals surface area contributed by atoms with Gasteiger partial charge in [-0.15, -0.1) is 0 Å². The molecule has 0 saturated heterocycles. The van der Waals surface area contributed by atoms with E-state index in [1.165, 1.54) is 148 Å². The summed E-state index contributed by atoms with van der Waals surface area (Å²) in [6.07, 6.45) is 43.6. The summed E-state index contributed by atoms with van der Waals surface area (Å²) in [5, 5.41) is 10.5. The van der Waals surface area contributed by atoms with Gasteiger partial charge >= 0.3 is 39.5 Å². The first-order valence-electron chi connectivity index (χ1n) is 35.0. The number of phosphoric ester groups is 2. The number of rotatable bonds is 66. The smallest absolute Gasteiger partial charge is 0.462 e. The monoisotopic (exact) mass is 1270 g/mol. The predicted octanol–water partition coefficient (Wildman–Crippen LogP) is 18.8. The molecule has 0 aromatic carbocycles. The number of aliphatic hydroxyl groups is 1. The van der Waals surface area contributed by atoms with Gasteiger partial charge in [-0.25, -0.2) is 9.13 Å². The Morgan fingerprint density at radius 2 is 0.535 bits per heavy atom. The van der Waals surface area contributed by atoms with Crippen LogP contribution in [0.5, 0.6) is 0 Å². The van der Waals surface area contributed by atoms with Crippen LogP contribution in [0.15, 0.2) is 0 Å². The lowest BCUT2D eigenvalue weighted by Gasteiger charge is -2.21. The Morgan fingerprint density at radius 1 is 0.314 bits per heavy atom. The highest BCUT2D eigenvalue weighted by Gasteiger charge is 2.30. The second kappa shape index (κ2) is 59.4. The lowest BCUT2D eigenvalue weighted by atomic mass is 10.0. The highest BCUT2D eigenvalue weighted by atomic mass is 31.2. The number of carbonyl (C=O) groups is 4. The van der Waals surface area contributed by atoms with E-state index in [2.05, 4.69) is 41.5 Å². The van der Waals surface area contributed by atoms with Gasteiger partial charge in [0.05, 0.1) is 26.4 Å². The first kappa shape index (κ1) is 84.1. The summed E-state index contributed by atoms with van der Waals surface area (Å²) in [5.41, 5.74) is 0. The highest BCUT2D eigenvalue weighted by molar-refractivity contribution is 7.47. The summed E-state index contributed by atoms with van der Waals surface area (Å²) in [7, 11) is -9.88. The summed E-state index contributed by atoms with van der Waals surface area (Å²) >= 11 is 0. The fourth-order valence-electron chi connectivity index (χ4n) is 10.1. The summed E-state index contributed by atoms with van der Waals surface area (Å²) in [5.74, 6) is -0.636. The van der Waals surface area contributed by atoms with Crippen molar-refractivity contribution in [1.82, 2.24) is 0 Å². The molecule has 0 rings (SSSR count). The Bertz CT molecular complexity index is 1680. The topological polar surface area (TPSA) is 237 Å². The fraction of sp³-hybridized carbons (Fsp3) is 0.940. The van der Waals surface area contributed by atoms with E-state index in [4.69, 9.17) is 37.0 Å². The minimum Gasteiger partial charge on any atom is -0.462 e. The first-order valence-corrected chi connectivity index (χ1v) is 38.0. The predicted molar refractivity (Wildman–Crippen MR) is 345 cm³/mol. The molecule has 0 fully saturated rings. The second-order valence-electron chi connectivity index (χ2n) is 25.2. The first-order chi connectivity index (χ1) is 41.4. The van der Waals surface area contributed by atoms with Crippen molar-refractivity contribution in [2.24, 2.45) is 11.8 Å². The van der Waals surface area contributed by atoms with E-state index in [9.17, 15) is 43.2 Å². The number of aliphatic hydroxyl groups excluding tert-OH is 1. The molecular formula is C67H130O17P2. The van der Waals surface area contributed by atoms with E-state index in [-0.39, 0.29) is 25.7 Å². The third-order valence-corrected chi connectivity index (χ3v) is 17.4. The maximum Gasteiger partial charge on any atom is 0.472 e. The maximum absolute atomic E-state index is 13.0. The number of hydrogen-bond acceptors (Lipinski definition) is 15. The van der Waals surface area contributed by atoms with Crippen LogP contribution < -0.4 is 0 Å². The molecule has 0 bridgehead atoms. The lowest BCUT2D eigenvalue weighted by molar-refractivity contribution is -0.161. The van der Waals surface area contributed by atoms with Crippen LogP contribution in [0.1, 0.15) is 337 Å². The van der Waals surface area contributed by atoms with Gasteiger partial charge in [-0.05, 0) is 37.5 Å². The van der Waals surface area contributed by atoms with Crippen molar-refractivity contribution in [1.29, 1.82) is 0 Å². The Hall–Kier alpha value is -1.94. The van der Waals surface area contributed by atoms with Crippen molar-refractivity contribution in [3.8, 4) is 0 Å². The van der Waals surface area contributed by atoms with Gasteiger partial charge in [-0.1, -0.05) is 286 Å². The van der Waals surface area contributed by atoms with Crippen molar-refractivity contribution >= 4 is 39.5 Å². The number of carbonyl (C=O) groups excluding carboxylic acids is 4. The molecule has 0 aromatic heterocycles. The van der Waals surface area contributed by atoms with Crippen molar-refractivity contribution in [3.05, 3.63) is 0 Å². The highest BCUT2D eigenvalue weighted by Crippen LogP contribution is 2.45. The molecule has 0 amide bonds. The maximum atomic E-state index is 13.0. The average Bonchev–Trinajstić information content (AvgIpc) is 3.67. The van der Waals surface area contributed by atoms with E-state index in [0.29, 0.717) is 31.6 Å². The summed E-state index contributed by atoms with van der Waals surface area (Å²) in [4.78, 5) is 72.1. The third-order valence-electron chi connectivity index (χ3n) is 15.5. The Morgan fingerprint density at radius 3 is 0.791 bits per heavy atom. The van der Waals surface area contributed by atoms with Gasteiger partial charge in [-0.3, -0.25) is 37.3 Å². The number of hydrogen-bond donors (Lipinski definition) is 3. The largest absolute Gasteiger partial charge is 0.472 e. The molecule has 19 heteroatoms. The van der Waals surface area contributed by atoms with E-state index in [0.717, 1.165) is 102 Å². The number of phosphoric acid groups is 2. The van der Waals surface area contributed by atoms with Gasteiger partial charge in [0.2, 0.25) is 0 Å². The summed E-state index contributed by atoms with van der Waals surface area (Å²) in [6.45, 7) is 9.40. The minimum atomic E-state index is -4.95. The van der Waals surface area contributed by atoms with E-state index in [1.54, 1.807) is 0 Å². The molecule has 0 aliphatic carbocycles. The lowest BCUT2D eigenvalue weighted by Crippen LogP contribution is -2.30. The number of esters is 4. The SMILES string of the molecule is CCCCCCCCCCCCCCC(=O)OC[C@H](COP(=O)(O)OC[C@@H](O)COP(=O)(O)OC[C@@H](COC(=O)CCCCCCC)OC(=O)CCCCCCCCCC(C)C)OC(=O)CCCCCCCCCCCCCCCCCCC(C)C. The zero-order valence-corrected chi connectivity index (χ0v) is 57.4. The van der Waals surface area contributed by atoms with Crippen molar-refractivity contribution in [2.75, 3.05) is 39.6 Å². The Labute approximate surface area is 524 Å². The number of unbranched alkanes of at least 4 members (excludes halogenated alkanes) is 36. The quantitative estimate of drug-likeness (QED) is 0.0222. The molecule has 5 atom stereocenters. The fourth-order valence-corrected chi connectivity index (χ4v) is 11.6. The Balaban J connectivity index is 5.13. The standard InChI is InChI=1S/C67H130O17P2/c1-7-9-11-13-14-15-16-24-27-32-38-44-50-65(70)78-56-63(84-66(71)51-45-39-33-28-25-22-20-18-17-19-21-23-26-30-36-41-47-59(3)4)58-82-86(75,76)80-54-61(68)53-79-85(73,74)81-57-62(55-77-64(69)49-43-35-12-10-8-2)83-67(72)52-46-40-34-29-31-37-42-48-60(5)6/h59-63,68H,7-58H2,1-6H3,(H,73,74)(H,75,76)/t61-,62+,63+/m0/s1. The summed E-state index contributed by atoms with van der Waals surface area (Å²) < 4.78 is 67.9. The van der Waals surface area contributed by atoms with E-state index >= 15 is 0 Å². The van der Waals surface area contributed by atoms with Crippen LogP contribution in [-0.2, 0) is 65.4 Å². The summed E-state index contributed by atoms with van der Waals surface area (Å²) in [6, 6.07) is 0. The van der Waals surface area contributed by atoms with E-state index < -0.39 is 97.5 Å². The molecule has 0 aliphatic rings. The molecule has 0 saturated carbocycles. The second-order valence-corrected chi connectivity index (χ2v) is 28.1. The zero-order chi connectivity index (χ0) is 63.6. The normalized spacial score (nSPS) is 14.2. The molecule has 17 nitrogen and oxygen atoms in total. The van der Waals surface area contributed by atoms with Crippen LogP contribution in [0.3, 0.4) is 0 Å². The molecular weight excluding hydrogens is 1140 g/mol. The molecule has 0 heterocycles. The van der Waals surface area contributed by atoms with Crippen LogP contribution in [0.2, 0.25) is 0 Å². The van der Waals surface area contributed by atoms with Crippen LogP contribution >= 0.6 is 15.6 Å². The van der Waals surface area contributed by atoms with Crippen molar-refractivity contribution < 1.29 is 80.2 Å². The van der Waals surface area contributed by atoms with Crippen molar-refractivity contribution in [3.63, 3.8) is 0 Å². The van der Waals surface area contributed by atoms with Crippen LogP contribution in [-0.4, -0.2) is 96.7 Å². The van der Waals surface area contributed by atoms with Gasteiger partial charge < -0.3 is 33.8 Å². The van der Waals surface area contributed by atoms with Crippen LogP contribution in [0.4, 0.5) is 0 Å². The van der Waals surface area contributed by atoms with Gasteiger partial charge in [0.25, 0.3) is 0 Å². The van der Waals surface area contributed by atoms with Gasteiger partial charge in [0, 0.05) is 25.7 Å². The van der Waals surface area contributed by atoms with Crippen LogP contribution in [0, 0.1) is 11.8 Å². The molecule has 3 N–H and O–H groups in total. The zero-order valence-electron chi connectivity index (χ0n) is 55.6. The molecule has 86 heavy (non-hydrogen) atoms. The minimum absolute atomic E-state index is 0.103. The Kier molecular flexibility index (Phi) is 58.0. The van der Waals surface area contributed by atoms with Crippen molar-refractivity contribution in [2.45, 2.75) is 355 Å². The van der Waals surface area contributed by atoms with E-state index in [1.807, 2.05) is 0 Å².